The number of amides is 1. The highest BCUT2D eigenvalue weighted by molar-refractivity contribution is 7.92. The third-order valence-electron chi connectivity index (χ3n) is 4.20. The van der Waals surface area contributed by atoms with Gasteiger partial charge in [0.05, 0.1) is 4.90 Å². The zero-order valence-electron chi connectivity index (χ0n) is 17.2. The first-order valence-corrected chi connectivity index (χ1v) is 10.4. The summed E-state index contributed by atoms with van der Waals surface area (Å²) >= 11 is 0. The number of primary amides is 1. The Labute approximate surface area is 167 Å². The second kappa shape index (κ2) is 7.47. The molecule has 0 radical (unpaired) electrons. The Balaban J connectivity index is 2.79. The summed E-state index contributed by atoms with van der Waals surface area (Å²) in [4.78, 5) is 11.7. The Morgan fingerprint density at radius 2 is 1.50 bits per heavy atom. The van der Waals surface area contributed by atoms with Gasteiger partial charge in [0.2, 0.25) is 0 Å². The quantitative estimate of drug-likeness (QED) is 0.781. The molecule has 0 heterocycles. The highest BCUT2D eigenvalue weighted by Gasteiger charge is 2.34. The molecule has 1 amide bonds. The first-order valence-electron chi connectivity index (χ1n) is 8.96. The van der Waals surface area contributed by atoms with E-state index in [9.17, 15) is 13.2 Å². The third kappa shape index (κ3) is 4.84. The lowest BCUT2D eigenvalue weighted by Gasteiger charge is -2.30. The molecule has 0 aliphatic rings. The molecule has 0 atom stereocenters. The lowest BCUT2D eigenvalue weighted by molar-refractivity contribution is 0.208. The van der Waals surface area contributed by atoms with E-state index in [-0.39, 0.29) is 16.1 Å². The van der Waals surface area contributed by atoms with Crippen LogP contribution in [0.2, 0.25) is 0 Å². The maximum Gasteiger partial charge on any atom is 0.409 e. The molecule has 2 aromatic rings. The fourth-order valence-electron chi connectivity index (χ4n) is 3.01. The Hall–Kier alpha value is -2.54. The van der Waals surface area contributed by atoms with Gasteiger partial charge in [-0.25, -0.2) is 13.2 Å². The van der Waals surface area contributed by atoms with E-state index >= 15 is 0 Å². The van der Waals surface area contributed by atoms with Gasteiger partial charge in [0, 0.05) is 16.8 Å². The Morgan fingerprint density at radius 3 is 1.96 bits per heavy atom. The van der Waals surface area contributed by atoms with Gasteiger partial charge in [-0.05, 0) is 29.0 Å². The van der Waals surface area contributed by atoms with Gasteiger partial charge in [-0.1, -0.05) is 65.8 Å². The van der Waals surface area contributed by atoms with Gasteiger partial charge in [-0.3, -0.25) is 4.72 Å². The van der Waals surface area contributed by atoms with Crippen LogP contribution in [-0.2, 0) is 20.9 Å². The largest absolute Gasteiger partial charge is 0.410 e. The molecule has 7 heteroatoms. The Kier molecular flexibility index (Phi) is 5.80. The van der Waals surface area contributed by atoms with E-state index in [2.05, 4.69) is 4.72 Å². The summed E-state index contributed by atoms with van der Waals surface area (Å²) in [6.07, 6.45) is -0.985. The first kappa shape index (κ1) is 21.8. The van der Waals surface area contributed by atoms with Gasteiger partial charge in [0.15, 0.2) is 0 Å². The topological polar surface area (TPSA) is 98.5 Å². The summed E-state index contributed by atoms with van der Waals surface area (Å²) in [5.74, 6) is 0.198. The van der Waals surface area contributed by atoms with Crippen LogP contribution >= 0.6 is 0 Å². The van der Waals surface area contributed by atoms with Crippen LogP contribution in [0.5, 0.6) is 5.75 Å². The molecule has 152 valence electrons. The lowest BCUT2D eigenvalue weighted by atomic mass is 9.79. The molecule has 2 aromatic carbocycles. The van der Waals surface area contributed by atoms with Crippen molar-refractivity contribution in [2.45, 2.75) is 57.3 Å². The van der Waals surface area contributed by atoms with Crippen LogP contribution in [0.4, 0.5) is 10.5 Å². The van der Waals surface area contributed by atoms with Gasteiger partial charge in [-0.2, -0.15) is 0 Å². The predicted molar refractivity (Wildman–Crippen MR) is 111 cm³/mol. The number of sulfonamides is 1. The van der Waals surface area contributed by atoms with Crippen molar-refractivity contribution < 1.29 is 17.9 Å². The average molecular weight is 405 g/mol. The standard InChI is InChI=1S/C21H28N2O4S/c1-20(2,3)15-12-13-16(17(21(4,5)6)18(15)27-19(22)24)28(25,26)23-14-10-8-7-9-11-14/h7-13,23H,1-6H3,(H2,22,24). The molecule has 3 N–H and O–H groups in total. The maximum atomic E-state index is 13.2. The number of hydrogen-bond acceptors (Lipinski definition) is 4. The number of rotatable bonds is 4. The van der Waals surface area contributed by atoms with Crippen LogP contribution in [0.1, 0.15) is 52.7 Å². The van der Waals surface area contributed by atoms with Gasteiger partial charge in [0.25, 0.3) is 10.0 Å². The normalized spacial score (nSPS) is 12.5. The molecule has 0 aliphatic carbocycles. The molecule has 28 heavy (non-hydrogen) atoms. The summed E-state index contributed by atoms with van der Waals surface area (Å²) in [6.45, 7) is 11.5. The van der Waals surface area contributed by atoms with Gasteiger partial charge >= 0.3 is 6.09 Å². The number of ether oxygens (including phenoxy) is 1. The van der Waals surface area contributed by atoms with Crippen molar-refractivity contribution in [2.75, 3.05) is 4.72 Å². The number of benzene rings is 2. The van der Waals surface area contributed by atoms with Crippen molar-refractivity contribution >= 4 is 21.8 Å². The first-order chi connectivity index (χ1) is 12.7. The second-order valence-corrected chi connectivity index (χ2v) is 10.4. The maximum absolute atomic E-state index is 13.2. The number of nitrogens with one attached hydrogen (secondary N) is 1. The van der Waals surface area contributed by atoms with Crippen molar-refractivity contribution in [1.29, 1.82) is 0 Å². The van der Waals surface area contributed by atoms with E-state index in [4.69, 9.17) is 10.5 Å². The smallest absolute Gasteiger partial charge is 0.409 e. The Bertz CT molecular complexity index is 970. The van der Waals surface area contributed by atoms with E-state index < -0.39 is 21.5 Å². The molecule has 6 nitrogen and oxygen atoms in total. The van der Waals surface area contributed by atoms with Gasteiger partial charge in [0.1, 0.15) is 5.75 Å². The number of para-hydroxylation sites is 1. The van der Waals surface area contributed by atoms with Gasteiger partial charge < -0.3 is 10.5 Å². The fourth-order valence-corrected chi connectivity index (χ4v) is 4.48. The SMILES string of the molecule is CC(C)(C)c1ccc(S(=O)(=O)Nc2ccccc2)c(C(C)(C)C)c1OC(N)=O. The Morgan fingerprint density at radius 1 is 0.929 bits per heavy atom. The second-order valence-electron chi connectivity index (χ2n) is 8.71. The molecule has 0 aliphatic heterocycles. The number of hydrogen-bond donors (Lipinski definition) is 2. The van der Waals surface area contributed by atoms with Crippen LogP contribution in [0.25, 0.3) is 0 Å². The molecule has 0 saturated carbocycles. The monoisotopic (exact) mass is 404 g/mol. The van der Waals surface area contributed by atoms with Crippen molar-refractivity contribution in [2.24, 2.45) is 5.73 Å². The lowest BCUT2D eigenvalue weighted by Crippen LogP contribution is -2.27. The van der Waals surface area contributed by atoms with Crippen LogP contribution in [-0.4, -0.2) is 14.5 Å². The fraction of sp³-hybridized carbons (Fsp3) is 0.381. The van der Waals surface area contributed by atoms with E-state index in [0.29, 0.717) is 16.8 Å². The number of carbonyl (C=O) groups excluding carboxylic acids is 1. The molecule has 0 saturated heterocycles. The minimum Gasteiger partial charge on any atom is -0.410 e. The van der Waals surface area contributed by atoms with E-state index in [1.807, 2.05) is 41.5 Å². The molecule has 0 fully saturated rings. The van der Waals surface area contributed by atoms with Crippen molar-refractivity contribution in [3.8, 4) is 5.75 Å². The summed E-state index contributed by atoms with van der Waals surface area (Å²) in [6, 6.07) is 11.8. The highest BCUT2D eigenvalue weighted by atomic mass is 32.2. The molecule has 0 unspecified atom stereocenters. The minimum atomic E-state index is -3.93. The average Bonchev–Trinajstić information content (AvgIpc) is 2.52. The summed E-state index contributed by atoms with van der Waals surface area (Å²) in [5.41, 5.74) is 5.84. The van der Waals surface area contributed by atoms with Crippen molar-refractivity contribution in [1.82, 2.24) is 0 Å². The van der Waals surface area contributed by atoms with Gasteiger partial charge in [-0.15, -0.1) is 0 Å². The van der Waals surface area contributed by atoms with E-state index in [1.165, 1.54) is 0 Å². The number of anilines is 1. The van der Waals surface area contributed by atoms with Crippen molar-refractivity contribution in [3.63, 3.8) is 0 Å². The molecular weight excluding hydrogens is 376 g/mol. The summed E-state index contributed by atoms with van der Waals surface area (Å²) in [5, 5.41) is 0. The summed E-state index contributed by atoms with van der Waals surface area (Å²) in [7, 11) is -3.93. The van der Waals surface area contributed by atoms with E-state index in [0.717, 1.165) is 0 Å². The van der Waals surface area contributed by atoms with Crippen molar-refractivity contribution in [3.05, 3.63) is 53.6 Å². The zero-order valence-corrected chi connectivity index (χ0v) is 18.0. The summed E-state index contributed by atoms with van der Waals surface area (Å²) < 4.78 is 34.3. The van der Waals surface area contributed by atoms with Crippen LogP contribution in [0, 0.1) is 0 Å². The highest BCUT2D eigenvalue weighted by Crippen LogP contribution is 2.43. The number of carbonyl (C=O) groups is 1. The predicted octanol–water partition coefficient (Wildman–Crippen LogP) is 4.54. The van der Waals surface area contributed by atoms with Crippen LogP contribution in [0.3, 0.4) is 0 Å². The molecule has 2 rings (SSSR count). The van der Waals surface area contributed by atoms with Crippen LogP contribution in [0.15, 0.2) is 47.4 Å². The molecule has 0 aromatic heterocycles. The zero-order chi connectivity index (χ0) is 21.3. The molecule has 0 bridgehead atoms. The molecule has 0 spiro atoms. The minimum absolute atomic E-state index is 0.0492. The van der Waals surface area contributed by atoms with Crippen LogP contribution < -0.4 is 15.2 Å². The molecular formula is C21H28N2O4S. The third-order valence-corrected chi connectivity index (χ3v) is 5.62. The van der Waals surface area contributed by atoms with E-state index in [1.54, 1.807) is 42.5 Å². The number of nitrogens with two attached hydrogens (primary N) is 1.